The average molecular weight is 418 g/mol. The van der Waals surface area contributed by atoms with Crippen molar-refractivity contribution >= 4 is 6.21 Å². The minimum atomic E-state index is -4.39. The van der Waals surface area contributed by atoms with E-state index >= 15 is 0 Å². The van der Waals surface area contributed by atoms with E-state index in [4.69, 9.17) is 9.47 Å². The molecular weight excluding hydrogens is 393 g/mol. The van der Waals surface area contributed by atoms with E-state index in [1.54, 1.807) is 0 Å². The third-order valence-electron chi connectivity index (χ3n) is 5.56. The Hall–Kier alpha value is -2.54. The van der Waals surface area contributed by atoms with Gasteiger partial charge in [0.1, 0.15) is 12.7 Å². The second-order valence-corrected chi connectivity index (χ2v) is 7.86. The molecule has 1 saturated heterocycles. The number of piperidine rings is 1. The number of aliphatic imine (C=N–C) groups is 1. The fourth-order valence-corrected chi connectivity index (χ4v) is 3.87. The summed E-state index contributed by atoms with van der Waals surface area (Å²) in [5, 5.41) is 0. The molecule has 0 bridgehead atoms. The van der Waals surface area contributed by atoms with Gasteiger partial charge in [-0.15, -0.1) is 0 Å². The predicted octanol–water partition coefficient (Wildman–Crippen LogP) is 4.68. The van der Waals surface area contributed by atoms with Gasteiger partial charge >= 0.3 is 6.18 Å². The molecule has 2 heterocycles. The molecule has 0 N–H and O–H groups in total. The number of benzene rings is 2. The fourth-order valence-electron chi connectivity index (χ4n) is 3.87. The van der Waals surface area contributed by atoms with Crippen LogP contribution >= 0.6 is 0 Å². The van der Waals surface area contributed by atoms with Crippen LogP contribution in [0.25, 0.3) is 0 Å². The van der Waals surface area contributed by atoms with Crippen LogP contribution in [0.3, 0.4) is 0 Å². The Morgan fingerprint density at radius 1 is 1.03 bits per heavy atom. The lowest BCUT2D eigenvalue weighted by molar-refractivity contribution is -0.137. The van der Waals surface area contributed by atoms with E-state index in [9.17, 15) is 13.2 Å². The summed E-state index contributed by atoms with van der Waals surface area (Å²) in [7, 11) is 0. The molecule has 2 aromatic carbocycles. The molecule has 4 rings (SSSR count). The van der Waals surface area contributed by atoms with Gasteiger partial charge in [0.25, 0.3) is 0 Å². The second-order valence-electron chi connectivity index (χ2n) is 7.86. The molecule has 0 aromatic heterocycles. The Kier molecular flexibility index (Phi) is 6.27. The number of rotatable bonds is 5. The third-order valence-corrected chi connectivity index (χ3v) is 5.56. The summed E-state index contributed by atoms with van der Waals surface area (Å²) in [5.41, 5.74) is 0.390. The number of fused-ring (bicyclic) bond motifs is 1. The molecule has 0 radical (unpaired) electrons. The zero-order valence-corrected chi connectivity index (χ0v) is 16.6. The van der Waals surface area contributed by atoms with Crippen LogP contribution in [0.1, 0.15) is 24.0 Å². The van der Waals surface area contributed by atoms with Crippen LogP contribution in [0.15, 0.2) is 53.5 Å². The Morgan fingerprint density at radius 3 is 2.53 bits per heavy atom. The predicted molar refractivity (Wildman–Crippen MR) is 109 cm³/mol. The summed E-state index contributed by atoms with van der Waals surface area (Å²) in [6, 6.07) is 13.4. The SMILES string of the molecule is FC(F)(F)c1ccc2c(c1)O[C@@H](CN1CCC(C/N=C/c3ccccc3)CC1)CO2. The van der Waals surface area contributed by atoms with Crippen LogP contribution in [0.2, 0.25) is 0 Å². The Morgan fingerprint density at radius 2 is 1.80 bits per heavy atom. The van der Waals surface area contributed by atoms with Crippen molar-refractivity contribution in [2.24, 2.45) is 10.9 Å². The van der Waals surface area contributed by atoms with Crippen molar-refractivity contribution in [1.29, 1.82) is 0 Å². The van der Waals surface area contributed by atoms with E-state index in [1.165, 1.54) is 6.07 Å². The van der Waals surface area contributed by atoms with Gasteiger partial charge in [-0.05, 0) is 55.6 Å². The van der Waals surface area contributed by atoms with Gasteiger partial charge in [0.05, 0.1) is 5.56 Å². The summed E-state index contributed by atoms with van der Waals surface area (Å²) in [6.07, 6.45) is -0.639. The zero-order valence-electron chi connectivity index (χ0n) is 16.6. The molecule has 2 aromatic rings. The van der Waals surface area contributed by atoms with Crippen molar-refractivity contribution in [3.8, 4) is 11.5 Å². The zero-order chi connectivity index (χ0) is 21.0. The lowest BCUT2D eigenvalue weighted by Gasteiger charge is -2.35. The minimum absolute atomic E-state index is 0.172. The van der Waals surface area contributed by atoms with E-state index in [-0.39, 0.29) is 11.9 Å². The average Bonchev–Trinajstić information content (AvgIpc) is 2.75. The third kappa shape index (κ3) is 5.33. The number of alkyl halides is 3. The van der Waals surface area contributed by atoms with E-state index in [0.29, 0.717) is 24.8 Å². The molecule has 30 heavy (non-hydrogen) atoms. The van der Waals surface area contributed by atoms with Crippen molar-refractivity contribution < 1.29 is 22.6 Å². The first kappa shape index (κ1) is 20.7. The molecule has 7 heteroatoms. The van der Waals surface area contributed by atoms with Crippen LogP contribution in [-0.4, -0.2) is 50.0 Å². The summed E-state index contributed by atoms with van der Waals surface area (Å²) in [4.78, 5) is 6.87. The van der Waals surface area contributed by atoms with Gasteiger partial charge in [0.15, 0.2) is 11.5 Å². The number of hydrogen-bond acceptors (Lipinski definition) is 4. The van der Waals surface area contributed by atoms with Gasteiger partial charge in [-0.3, -0.25) is 9.89 Å². The molecule has 0 spiro atoms. The summed E-state index contributed by atoms with van der Waals surface area (Å²) >= 11 is 0. The molecule has 4 nitrogen and oxygen atoms in total. The Labute approximate surface area is 174 Å². The molecule has 0 amide bonds. The van der Waals surface area contributed by atoms with Crippen molar-refractivity contribution in [3.63, 3.8) is 0 Å². The van der Waals surface area contributed by atoms with Crippen LogP contribution in [0, 0.1) is 5.92 Å². The van der Waals surface area contributed by atoms with Crippen molar-refractivity contribution in [1.82, 2.24) is 4.90 Å². The van der Waals surface area contributed by atoms with Gasteiger partial charge < -0.3 is 9.47 Å². The fraction of sp³-hybridized carbons (Fsp3) is 0.435. The maximum atomic E-state index is 12.9. The first-order valence-corrected chi connectivity index (χ1v) is 10.3. The molecule has 0 unspecified atom stereocenters. The smallest absolute Gasteiger partial charge is 0.416 e. The Bertz CT molecular complexity index is 862. The number of ether oxygens (including phenoxy) is 2. The molecule has 2 aliphatic rings. The number of nitrogens with zero attached hydrogens (tertiary/aromatic N) is 2. The standard InChI is InChI=1S/C23H25F3N2O2/c24-23(25,26)19-6-7-21-22(12-19)30-20(16-29-21)15-28-10-8-18(9-11-28)14-27-13-17-4-2-1-3-5-17/h1-7,12-13,18,20H,8-11,14-16H2/b27-13+/t20-/m0/s1. The van der Waals surface area contributed by atoms with Crippen LogP contribution in [-0.2, 0) is 6.18 Å². The number of halogens is 3. The Balaban J connectivity index is 1.24. The summed E-state index contributed by atoms with van der Waals surface area (Å²) < 4.78 is 50.2. The number of hydrogen-bond donors (Lipinski definition) is 0. The maximum Gasteiger partial charge on any atom is 0.416 e. The first-order valence-electron chi connectivity index (χ1n) is 10.3. The minimum Gasteiger partial charge on any atom is -0.486 e. The highest BCUT2D eigenvalue weighted by Gasteiger charge is 2.33. The molecule has 2 aliphatic heterocycles. The maximum absolute atomic E-state index is 12.9. The van der Waals surface area contributed by atoms with Crippen LogP contribution in [0.4, 0.5) is 13.2 Å². The van der Waals surface area contributed by atoms with Gasteiger partial charge in [0, 0.05) is 19.3 Å². The topological polar surface area (TPSA) is 34.1 Å². The van der Waals surface area contributed by atoms with Crippen molar-refractivity contribution in [2.75, 3.05) is 32.8 Å². The summed E-state index contributed by atoms with van der Waals surface area (Å²) in [6.45, 7) is 3.68. The molecular formula is C23H25F3N2O2. The quantitative estimate of drug-likeness (QED) is 0.662. The summed E-state index contributed by atoms with van der Waals surface area (Å²) in [5.74, 6) is 1.10. The van der Waals surface area contributed by atoms with Crippen molar-refractivity contribution in [3.05, 3.63) is 59.7 Å². The van der Waals surface area contributed by atoms with Crippen LogP contribution < -0.4 is 9.47 Å². The lowest BCUT2D eigenvalue weighted by Crippen LogP contribution is -2.44. The van der Waals surface area contributed by atoms with Crippen molar-refractivity contribution in [2.45, 2.75) is 25.1 Å². The highest BCUT2D eigenvalue weighted by Crippen LogP contribution is 2.38. The normalized spacial score (nSPS) is 20.6. The van der Waals surface area contributed by atoms with Gasteiger partial charge in [-0.25, -0.2) is 0 Å². The molecule has 160 valence electrons. The van der Waals surface area contributed by atoms with E-state index in [2.05, 4.69) is 9.89 Å². The van der Waals surface area contributed by atoms with Gasteiger partial charge in [-0.2, -0.15) is 13.2 Å². The lowest BCUT2D eigenvalue weighted by atomic mass is 9.97. The van der Waals surface area contributed by atoms with E-state index in [1.807, 2.05) is 36.5 Å². The molecule has 1 fully saturated rings. The second kappa shape index (κ2) is 9.08. The first-order chi connectivity index (χ1) is 14.5. The monoisotopic (exact) mass is 418 g/mol. The number of likely N-dealkylation sites (tertiary alicyclic amines) is 1. The molecule has 0 saturated carbocycles. The highest BCUT2D eigenvalue weighted by molar-refractivity contribution is 5.79. The molecule has 1 atom stereocenters. The van der Waals surface area contributed by atoms with Gasteiger partial charge in [-0.1, -0.05) is 30.3 Å². The van der Waals surface area contributed by atoms with E-state index in [0.717, 1.165) is 50.2 Å². The highest BCUT2D eigenvalue weighted by atomic mass is 19.4. The van der Waals surface area contributed by atoms with Gasteiger partial charge in [0.2, 0.25) is 0 Å². The van der Waals surface area contributed by atoms with E-state index < -0.39 is 11.7 Å². The molecule has 0 aliphatic carbocycles. The van der Waals surface area contributed by atoms with Crippen LogP contribution in [0.5, 0.6) is 11.5 Å². The largest absolute Gasteiger partial charge is 0.486 e.